The van der Waals surface area contributed by atoms with E-state index in [1.54, 1.807) is 0 Å². The number of nitrogens with zero attached hydrogens (tertiary/aromatic N) is 1. The number of hydrogen-bond donors (Lipinski definition) is 1. The molecule has 20 heavy (non-hydrogen) atoms. The molecular formula is C18H22N2. The van der Waals surface area contributed by atoms with E-state index in [9.17, 15) is 0 Å². The molecule has 0 aromatic heterocycles. The number of nitrogens with two attached hydrogens (primary N) is 1. The maximum atomic E-state index is 6.38. The molecule has 1 saturated heterocycles. The summed E-state index contributed by atoms with van der Waals surface area (Å²) in [5.74, 6) is 0.458. The third-order valence-electron chi connectivity index (χ3n) is 4.28. The molecule has 0 aliphatic carbocycles. The van der Waals surface area contributed by atoms with Crippen LogP contribution in [0.4, 0.5) is 0 Å². The van der Waals surface area contributed by atoms with Crippen LogP contribution in [-0.4, -0.2) is 24.0 Å². The van der Waals surface area contributed by atoms with Gasteiger partial charge in [-0.3, -0.25) is 4.90 Å². The van der Waals surface area contributed by atoms with Crippen molar-refractivity contribution >= 4 is 0 Å². The van der Waals surface area contributed by atoms with Crippen LogP contribution in [0.5, 0.6) is 0 Å². The van der Waals surface area contributed by atoms with Crippen LogP contribution in [0.2, 0.25) is 0 Å². The summed E-state index contributed by atoms with van der Waals surface area (Å²) in [6.07, 6.45) is 0. The molecule has 2 atom stereocenters. The second-order valence-electron chi connectivity index (χ2n) is 5.81. The molecule has 1 aliphatic heterocycles. The van der Waals surface area contributed by atoms with Gasteiger partial charge in [-0.25, -0.2) is 0 Å². The Bertz CT molecular complexity index is 565. The highest BCUT2D eigenvalue weighted by atomic mass is 15.2. The molecule has 0 bridgehead atoms. The first-order chi connectivity index (χ1) is 9.74. The second kappa shape index (κ2) is 5.78. The Morgan fingerprint density at radius 2 is 1.70 bits per heavy atom. The minimum Gasteiger partial charge on any atom is -0.326 e. The van der Waals surface area contributed by atoms with Crippen LogP contribution in [0.1, 0.15) is 22.6 Å². The lowest BCUT2D eigenvalue weighted by molar-refractivity contribution is 0.324. The van der Waals surface area contributed by atoms with E-state index in [4.69, 9.17) is 5.73 Å². The number of likely N-dealkylation sites (tertiary alicyclic amines) is 1. The zero-order chi connectivity index (χ0) is 13.9. The fourth-order valence-corrected chi connectivity index (χ4v) is 3.22. The maximum Gasteiger partial charge on any atom is 0.0250 e. The van der Waals surface area contributed by atoms with Gasteiger partial charge in [-0.1, -0.05) is 54.6 Å². The van der Waals surface area contributed by atoms with E-state index in [-0.39, 0.29) is 6.04 Å². The second-order valence-corrected chi connectivity index (χ2v) is 5.81. The van der Waals surface area contributed by atoms with Gasteiger partial charge in [0.05, 0.1) is 0 Å². The molecule has 2 unspecified atom stereocenters. The summed E-state index contributed by atoms with van der Waals surface area (Å²) >= 11 is 0. The van der Waals surface area contributed by atoms with Crippen LogP contribution < -0.4 is 5.73 Å². The van der Waals surface area contributed by atoms with Gasteiger partial charge in [-0.15, -0.1) is 0 Å². The van der Waals surface area contributed by atoms with Crippen LogP contribution in [0.15, 0.2) is 54.6 Å². The van der Waals surface area contributed by atoms with E-state index in [2.05, 4.69) is 66.4 Å². The molecule has 1 heterocycles. The van der Waals surface area contributed by atoms with Gasteiger partial charge in [-0.05, 0) is 23.6 Å². The zero-order valence-corrected chi connectivity index (χ0v) is 12.0. The topological polar surface area (TPSA) is 29.3 Å². The third kappa shape index (κ3) is 2.77. The van der Waals surface area contributed by atoms with Crippen LogP contribution in [0, 0.1) is 6.92 Å². The van der Waals surface area contributed by atoms with Gasteiger partial charge >= 0.3 is 0 Å². The highest BCUT2D eigenvalue weighted by molar-refractivity contribution is 5.32. The molecule has 3 rings (SSSR count). The molecule has 2 aromatic rings. The summed E-state index contributed by atoms with van der Waals surface area (Å²) in [5, 5.41) is 0. The normalized spacial score (nSPS) is 23.1. The Labute approximate surface area is 121 Å². The van der Waals surface area contributed by atoms with Crippen LogP contribution >= 0.6 is 0 Å². The molecule has 0 amide bonds. The van der Waals surface area contributed by atoms with Crippen molar-refractivity contribution < 1.29 is 0 Å². The van der Waals surface area contributed by atoms with Gasteiger partial charge in [0.2, 0.25) is 0 Å². The molecule has 0 radical (unpaired) electrons. The van der Waals surface area contributed by atoms with E-state index in [0.29, 0.717) is 5.92 Å². The first-order valence-corrected chi connectivity index (χ1v) is 7.31. The maximum absolute atomic E-state index is 6.38. The molecule has 1 aliphatic rings. The van der Waals surface area contributed by atoms with E-state index in [1.807, 2.05) is 0 Å². The molecule has 104 valence electrons. The number of hydrogen-bond acceptors (Lipinski definition) is 2. The Morgan fingerprint density at radius 3 is 2.45 bits per heavy atom. The SMILES string of the molecule is Cc1ccccc1C1CN(Cc2ccccc2)CC1N. The lowest BCUT2D eigenvalue weighted by Gasteiger charge is -2.17. The predicted octanol–water partition coefficient (Wildman–Crippen LogP) is 2.92. The largest absolute Gasteiger partial charge is 0.326 e. The van der Waals surface area contributed by atoms with Gasteiger partial charge in [0.15, 0.2) is 0 Å². The van der Waals surface area contributed by atoms with Crippen molar-refractivity contribution in [3.63, 3.8) is 0 Å². The van der Waals surface area contributed by atoms with Gasteiger partial charge in [0.25, 0.3) is 0 Å². The van der Waals surface area contributed by atoms with Crippen molar-refractivity contribution in [3.8, 4) is 0 Å². The molecule has 2 heteroatoms. The lowest BCUT2D eigenvalue weighted by Crippen LogP contribution is -2.28. The van der Waals surface area contributed by atoms with E-state index >= 15 is 0 Å². The Balaban J connectivity index is 1.73. The van der Waals surface area contributed by atoms with Crippen molar-refractivity contribution in [1.29, 1.82) is 0 Å². The monoisotopic (exact) mass is 266 g/mol. The summed E-state index contributed by atoms with van der Waals surface area (Å²) in [4.78, 5) is 2.47. The minimum absolute atomic E-state index is 0.236. The molecular weight excluding hydrogens is 244 g/mol. The van der Waals surface area contributed by atoms with Crippen LogP contribution in [-0.2, 0) is 6.54 Å². The summed E-state index contributed by atoms with van der Waals surface area (Å²) in [5.41, 5.74) is 10.5. The highest BCUT2D eigenvalue weighted by Gasteiger charge is 2.31. The Hall–Kier alpha value is -1.64. The standard InChI is InChI=1S/C18H22N2/c1-14-7-5-6-10-16(14)17-12-20(13-18(17)19)11-15-8-3-2-4-9-15/h2-10,17-18H,11-13,19H2,1H3. The summed E-state index contributed by atoms with van der Waals surface area (Å²) < 4.78 is 0. The molecule has 0 saturated carbocycles. The molecule has 0 spiro atoms. The van der Waals surface area contributed by atoms with Crippen molar-refractivity contribution in [2.24, 2.45) is 5.73 Å². The quantitative estimate of drug-likeness (QED) is 0.925. The third-order valence-corrected chi connectivity index (χ3v) is 4.28. The Morgan fingerprint density at radius 1 is 1.00 bits per heavy atom. The molecule has 2 nitrogen and oxygen atoms in total. The van der Waals surface area contributed by atoms with Gasteiger partial charge in [0.1, 0.15) is 0 Å². The van der Waals surface area contributed by atoms with Crippen molar-refractivity contribution in [2.45, 2.75) is 25.4 Å². The zero-order valence-electron chi connectivity index (χ0n) is 12.0. The van der Waals surface area contributed by atoms with Crippen LogP contribution in [0.3, 0.4) is 0 Å². The smallest absolute Gasteiger partial charge is 0.0250 e. The van der Waals surface area contributed by atoms with Gasteiger partial charge in [-0.2, -0.15) is 0 Å². The first kappa shape index (κ1) is 13.3. The molecule has 2 N–H and O–H groups in total. The average Bonchev–Trinajstić information content (AvgIpc) is 2.81. The number of rotatable bonds is 3. The van der Waals surface area contributed by atoms with Gasteiger partial charge in [0, 0.05) is 31.6 Å². The first-order valence-electron chi connectivity index (χ1n) is 7.31. The van der Waals surface area contributed by atoms with E-state index in [0.717, 1.165) is 19.6 Å². The molecule has 2 aromatic carbocycles. The van der Waals surface area contributed by atoms with E-state index in [1.165, 1.54) is 16.7 Å². The summed E-state index contributed by atoms with van der Waals surface area (Å²) in [6.45, 7) is 5.22. The van der Waals surface area contributed by atoms with Crippen molar-refractivity contribution in [3.05, 3.63) is 71.3 Å². The average molecular weight is 266 g/mol. The fraction of sp³-hybridized carbons (Fsp3) is 0.333. The Kier molecular flexibility index (Phi) is 3.86. The predicted molar refractivity (Wildman–Crippen MR) is 83.6 cm³/mol. The number of benzene rings is 2. The minimum atomic E-state index is 0.236. The summed E-state index contributed by atoms with van der Waals surface area (Å²) in [6, 6.07) is 19.5. The van der Waals surface area contributed by atoms with Gasteiger partial charge < -0.3 is 5.73 Å². The summed E-state index contributed by atoms with van der Waals surface area (Å²) in [7, 11) is 0. The highest BCUT2D eigenvalue weighted by Crippen LogP contribution is 2.29. The van der Waals surface area contributed by atoms with Crippen LogP contribution in [0.25, 0.3) is 0 Å². The van der Waals surface area contributed by atoms with Crippen molar-refractivity contribution in [1.82, 2.24) is 4.90 Å². The van der Waals surface area contributed by atoms with E-state index < -0.39 is 0 Å². The lowest BCUT2D eigenvalue weighted by atomic mass is 9.91. The number of aryl methyl sites for hydroxylation is 1. The fourth-order valence-electron chi connectivity index (χ4n) is 3.22. The van der Waals surface area contributed by atoms with Crippen molar-refractivity contribution in [2.75, 3.05) is 13.1 Å². The molecule has 1 fully saturated rings.